The number of aliphatic hydroxyl groups is 1. The van der Waals surface area contributed by atoms with Crippen LogP contribution in [0, 0.1) is 0 Å². The standard InChI is InChI=1S/C6H11NO/c1-2-3-7-5-4-6(5)8/h4,6-8H,2-3H2,1H3/t6-/m1/s1. The average Bonchev–Trinajstić information content (AvgIpc) is 2.42. The van der Waals surface area contributed by atoms with Gasteiger partial charge in [0.15, 0.2) is 0 Å². The predicted octanol–water partition coefficient (Wildman–Crippen LogP) is 0.244. The van der Waals surface area contributed by atoms with Crippen molar-refractivity contribution >= 4 is 0 Å². The van der Waals surface area contributed by atoms with Crippen molar-refractivity contribution in [2.75, 3.05) is 6.54 Å². The number of aliphatic hydroxyl groups excluding tert-OH is 1. The van der Waals surface area contributed by atoms with Crippen LogP contribution < -0.4 is 5.32 Å². The van der Waals surface area contributed by atoms with E-state index in [-0.39, 0.29) is 6.10 Å². The van der Waals surface area contributed by atoms with Crippen molar-refractivity contribution < 1.29 is 5.11 Å². The van der Waals surface area contributed by atoms with Crippen LogP contribution in [0.2, 0.25) is 0 Å². The zero-order valence-electron chi connectivity index (χ0n) is 5.02. The van der Waals surface area contributed by atoms with E-state index < -0.39 is 0 Å². The largest absolute Gasteiger partial charge is 0.386 e. The maximum Gasteiger partial charge on any atom is 0.113 e. The van der Waals surface area contributed by atoms with E-state index in [1.165, 1.54) is 0 Å². The van der Waals surface area contributed by atoms with Gasteiger partial charge in [-0.2, -0.15) is 0 Å². The fourth-order valence-corrected chi connectivity index (χ4v) is 0.555. The number of rotatable bonds is 3. The highest BCUT2D eigenvalue weighted by Crippen LogP contribution is 2.14. The summed E-state index contributed by atoms with van der Waals surface area (Å²) in [6.07, 6.45) is 2.67. The highest BCUT2D eigenvalue weighted by Gasteiger charge is 2.19. The van der Waals surface area contributed by atoms with E-state index in [1.807, 2.05) is 0 Å². The Morgan fingerprint density at radius 3 is 2.88 bits per heavy atom. The molecule has 0 aromatic rings. The zero-order chi connectivity index (χ0) is 5.98. The normalized spacial score (nSPS) is 24.8. The maximum atomic E-state index is 8.70. The molecule has 0 fully saturated rings. The van der Waals surface area contributed by atoms with Crippen LogP contribution in [-0.4, -0.2) is 17.8 Å². The summed E-state index contributed by atoms with van der Waals surface area (Å²) in [4.78, 5) is 0. The van der Waals surface area contributed by atoms with Crippen LogP contribution in [0.25, 0.3) is 0 Å². The molecule has 0 unspecified atom stereocenters. The van der Waals surface area contributed by atoms with Gasteiger partial charge in [-0.15, -0.1) is 0 Å². The first-order valence-electron chi connectivity index (χ1n) is 2.98. The van der Waals surface area contributed by atoms with E-state index in [2.05, 4.69) is 12.2 Å². The SMILES string of the molecule is CCCNC1=C[C@H]1O. The molecule has 0 saturated carbocycles. The molecule has 0 spiro atoms. The molecule has 0 bridgehead atoms. The molecule has 2 heteroatoms. The number of hydrogen-bond donors (Lipinski definition) is 2. The van der Waals surface area contributed by atoms with Crippen molar-refractivity contribution in [1.82, 2.24) is 5.32 Å². The Hall–Kier alpha value is -0.500. The van der Waals surface area contributed by atoms with Crippen LogP contribution in [0.3, 0.4) is 0 Å². The summed E-state index contributed by atoms with van der Waals surface area (Å²) in [6, 6.07) is 0. The Kier molecular flexibility index (Phi) is 1.53. The summed E-state index contributed by atoms with van der Waals surface area (Å²) in [5, 5.41) is 11.8. The molecule has 0 aromatic carbocycles. The fraction of sp³-hybridized carbons (Fsp3) is 0.667. The molecular formula is C6H11NO. The van der Waals surface area contributed by atoms with Crippen LogP contribution in [0.4, 0.5) is 0 Å². The lowest BCUT2D eigenvalue weighted by atomic mass is 10.5. The molecule has 1 atom stereocenters. The lowest BCUT2D eigenvalue weighted by Gasteiger charge is -1.95. The third-order valence-corrected chi connectivity index (χ3v) is 1.13. The Labute approximate surface area is 49.2 Å². The van der Waals surface area contributed by atoms with Crippen molar-refractivity contribution in [2.45, 2.75) is 19.4 Å². The first-order valence-corrected chi connectivity index (χ1v) is 2.98. The second-order valence-corrected chi connectivity index (χ2v) is 1.99. The Balaban J connectivity index is 1.97. The molecule has 8 heavy (non-hydrogen) atoms. The van der Waals surface area contributed by atoms with Gasteiger partial charge in [0.05, 0.1) is 0 Å². The quantitative estimate of drug-likeness (QED) is 0.549. The average molecular weight is 113 g/mol. The highest BCUT2D eigenvalue weighted by molar-refractivity contribution is 5.29. The van der Waals surface area contributed by atoms with Crippen LogP contribution in [0.5, 0.6) is 0 Å². The van der Waals surface area contributed by atoms with Gasteiger partial charge in [0.1, 0.15) is 6.10 Å². The van der Waals surface area contributed by atoms with Gasteiger partial charge in [-0.3, -0.25) is 0 Å². The highest BCUT2D eigenvalue weighted by atomic mass is 16.3. The van der Waals surface area contributed by atoms with Gasteiger partial charge < -0.3 is 10.4 Å². The summed E-state index contributed by atoms with van der Waals surface area (Å²) in [6.45, 7) is 3.07. The minimum absolute atomic E-state index is 0.249. The van der Waals surface area contributed by atoms with E-state index in [9.17, 15) is 0 Å². The monoisotopic (exact) mass is 113 g/mol. The second kappa shape index (κ2) is 2.18. The summed E-state index contributed by atoms with van der Waals surface area (Å²) in [5.74, 6) is 0. The van der Waals surface area contributed by atoms with Crippen LogP contribution in [0.15, 0.2) is 11.8 Å². The van der Waals surface area contributed by atoms with E-state index >= 15 is 0 Å². The maximum absolute atomic E-state index is 8.70. The van der Waals surface area contributed by atoms with Crippen LogP contribution >= 0.6 is 0 Å². The van der Waals surface area contributed by atoms with Gasteiger partial charge in [0, 0.05) is 12.2 Å². The predicted molar refractivity (Wildman–Crippen MR) is 32.4 cm³/mol. The van der Waals surface area contributed by atoms with Gasteiger partial charge in [-0.25, -0.2) is 0 Å². The summed E-state index contributed by atoms with van der Waals surface area (Å²) < 4.78 is 0. The van der Waals surface area contributed by atoms with Gasteiger partial charge in [0.2, 0.25) is 0 Å². The van der Waals surface area contributed by atoms with Crippen molar-refractivity contribution in [3.63, 3.8) is 0 Å². The Morgan fingerprint density at radius 1 is 1.88 bits per heavy atom. The topological polar surface area (TPSA) is 32.3 Å². The third-order valence-electron chi connectivity index (χ3n) is 1.13. The molecule has 2 nitrogen and oxygen atoms in total. The molecular weight excluding hydrogens is 102 g/mol. The molecule has 0 radical (unpaired) electrons. The lowest BCUT2D eigenvalue weighted by Crippen LogP contribution is -2.11. The number of nitrogens with one attached hydrogen (secondary N) is 1. The smallest absolute Gasteiger partial charge is 0.113 e. The van der Waals surface area contributed by atoms with E-state index in [0.717, 1.165) is 18.7 Å². The molecule has 0 amide bonds. The second-order valence-electron chi connectivity index (χ2n) is 1.99. The molecule has 46 valence electrons. The van der Waals surface area contributed by atoms with Crippen LogP contribution in [0.1, 0.15) is 13.3 Å². The van der Waals surface area contributed by atoms with Crippen molar-refractivity contribution in [3.8, 4) is 0 Å². The van der Waals surface area contributed by atoms with E-state index in [0.29, 0.717) is 0 Å². The molecule has 1 aliphatic rings. The molecule has 0 aromatic heterocycles. The van der Waals surface area contributed by atoms with Crippen molar-refractivity contribution in [1.29, 1.82) is 0 Å². The van der Waals surface area contributed by atoms with E-state index in [1.54, 1.807) is 6.08 Å². The molecule has 1 aliphatic carbocycles. The minimum Gasteiger partial charge on any atom is -0.386 e. The molecule has 0 heterocycles. The molecule has 1 rings (SSSR count). The van der Waals surface area contributed by atoms with Gasteiger partial charge in [0.25, 0.3) is 0 Å². The van der Waals surface area contributed by atoms with Crippen molar-refractivity contribution in [2.24, 2.45) is 0 Å². The summed E-state index contributed by atoms with van der Waals surface area (Å²) in [5.41, 5.74) is 0.992. The number of hydrogen-bond acceptors (Lipinski definition) is 2. The van der Waals surface area contributed by atoms with Crippen LogP contribution in [-0.2, 0) is 0 Å². The third kappa shape index (κ3) is 1.23. The molecule has 2 N–H and O–H groups in total. The first-order chi connectivity index (χ1) is 3.84. The summed E-state index contributed by atoms with van der Waals surface area (Å²) in [7, 11) is 0. The fourth-order valence-electron chi connectivity index (χ4n) is 0.555. The zero-order valence-corrected chi connectivity index (χ0v) is 5.02. The minimum atomic E-state index is -0.249. The molecule has 0 saturated heterocycles. The summed E-state index contributed by atoms with van der Waals surface area (Å²) >= 11 is 0. The lowest BCUT2D eigenvalue weighted by molar-refractivity contribution is 0.290. The Morgan fingerprint density at radius 2 is 2.50 bits per heavy atom. The van der Waals surface area contributed by atoms with E-state index in [4.69, 9.17) is 5.11 Å². The van der Waals surface area contributed by atoms with Crippen molar-refractivity contribution in [3.05, 3.63) is 11.8 Å². The Bertz CT molecular complexity index is 109. The molecule has 0 aliphatic heterocycles. The van der Waals surface area contributed by atoms with Gasteiger partial charge in [-0.1, -0.05) is 6.92 Å². The first kappa shape index (κ1) is 5.63. The van der Waals surface area contributed by atoms with Gasteiger partial charge >= 0.3 is 0 Å². The van der Waals surface area contributed by atoms with Gasteiger partial charge in [-0.05, 0) is 12.5 Å².